The van der Waals surface area contributed by atoms with Gasteiger partial charge in [0.15, 0.2) is 0 Å². The van der Waals surface area contributed by atoms with E-state index in [1.165, 1.54) is 4.90 Å². The molecule has 0 bridgehead atoms. The summed E-state index contributed by atoms with van der Waals surface area (Å²) < 4.78 is 5.73. The number of esters is 1. The topological polar surface area (TPSA) is 26.3 Å². The van der Waals surface area contributed by atoms with E-state index in [0.717, 1.165) is 25.7 Å². The van der Waals surface area contributed by atoms with Crippen LogP contribution in [0.4, 0.5) is 0 Å². The van der Waals surface area contributed by atoms with Crippen LogP contribution < -0.4 is 0 Å². The van der Waals surface area contributed by atoms with Gasteiger partial charge in [0.05, 0.1) is 11.7 Å². The van der Waals surface area contributed by atoms with Crippen molar-refractivity contribution >= 4 is 17.7 Å². The van der Waals surface area contributed by atoms with Crippen LogP contribution in [0.2, 0.25) is 0 Å². The number of hydrogen-bond acceptors (Lipinski definition) is 3. The zero-order valence-corrected chi connectivity index (χ0v) is 12.5. The second kappa shape index (κ2) is 6.47. The van der Waals surface area contributed by atoms with Crippen LogP contribution in [0.25, 0.3) is 0 Å². The van der Waals surface area contributed by atoms with E-state index in [-0.39, 0.29) is 16.8 Å². The number of hydrogen-bond donors (Lipinski definition) is 0. The fraction of sp³-hybridized carbons (Fsp3) is 0.562. The number of carbonyl (C=O) groups is 1. The molecule has 1 fully saturated rings. The monoisotopic (exact) mass is 278 g/mol. The summed E-state index contributed by atoms with van der Waals surface area (Å²) in [4.78, 5) is 13.0. The van der Waals surface area contributed by atoms with Crippen LogP contribution in [0.15, 0.2) is 35.2 Å². The number of benzene rings is 1. The Bertz CT molecular complexity index is 418. The van der Waals surface area contributed by atoms with Gasteiger partial charge in [-0.3, -0.25) is 4.79 Å². The molecule has 104 valence electrons. The lowest BCUT2D eigenvalue weighted by molar-refractivity contribution is -0.149. The third-order valence-electron chi connectivity index (χ3n) is 3.83. The first-order chi connectivity index (χ1) is 9.20. The molecule has 1 aromatic rings. The average molecular weight is 278 g/mol. The Kier molecular flexibility index (Phi) is 4.92. The van der Waals surface area contributed by atoms with Crippen molar-refractivity contribution in [3.8, 4) is 0 Å². The molecule has 3 heteroatoms. The highest BCUT2D eigenvalue weighted by atomic mass is 32.2. The zero-order valence-electron chi connectivity index (χ0n) is 11.7. The molecule has 2 unspecified atom stereocenters. The molecular weight excluding hydrogens is 256 g/mol. The van der Waals surface area contributed by atoms with Crippen molar-refractivity contribution in [3.63, 3.8) is 0 Å². The standard InChI is InChI=1S/C16H22O2S/c1-3-5-11-16(4-2)14(12-15(17)18-16)19-13-9-7-6-8-10-13/h6-10,14H,3-5,11-12H2,1-2H3. The summed E-state index contributed by atoms with van der Waals surface area (Å²) in [5, 5.41) is 0.249. The summed E-state index contributed by atoms with van der Waals surface area (Å²) >= 11 is 1.79. The van der Waals surface area contributed by atoms with E-state index in [0.29, 0.717) is 6.42 Å². The van der Waals surface area contributed by atoms with Crippen LogP contribution in [-0.4, -0.2) is 16.8 Å². The minimum atomic E-state index is -0.256. The summed E-state index contributed by atoms with van der Waals surface area (Å²) in [6.07, 6.45) is 4.69. The molecule has 0 N–H and O–H groups in total. The van der Waals surface area contributed by atoms with Crippen molar-refractivity contribution in [1.29, 1.82) is 0 Å². The van der Waals surface area contributed by atoms with Crippen molar-refractivity contribution < 1.29 is 9.53 Å². The molecular formula is C16H22O2S. The van der Waals surface area contributed by atoms with Crippen molar-refractivity contribution in [2.24, 2.45) is 0 Å². The summed E-state index contributed by atoms with van der Waals surface area (Å²) in [7, 11) is 0. The van der Waals surface area contributed by atoms with E-state index in [1.54, 1.807) is 11.8 Å². The van der Waals surface area contributed by atoms with Crippen molar-refractivity contribution in [1.82, 2.24) is 0 Å². The van der Waals surface area contributed by atoms with E-state index in [2.05, 4.69) is 26.0 Å². The largest absolute Gasteiger partial charge is 0.458 e. The third kappa shape index (κ3) is 3.33. The van der Waals surface area contributed by atoms with Crippen LogP contribution in [-0.2, 0) is 9.53 Å². The highest BCUT2D eigenvalue weighted by molar-refractivity contribution is 8.00. The number of thioether (sulfide) groups is 1. The van der Waals surface area contributed by atoms with E-state index >= 15 is 0 Å². The number of unbranched alkanes of at least 4 members (excludes halogenated alkanes) is 1. The molecule has 0 amide bonds. The lowest BCUT2D eigenvalue weighted by Gasteiger charge is -2.32. The average Bonchev–Trinajstić information content (AvgIpc) is 2.74. The van der Waals surface area contributed by atoms with Gasteiger partial charge in [0.25, 0.3) is 0 Å². The number of cyclic esters (lactones) is 1. The Morgan fingerprint density at radius 3 is 2.68 bits per heavy atom. The molecule has 1 heterocycles. The number of ether oxygens (including phenoxy) is 1. The van der Waals surface area contributed by atoms with Crippen molar-refractivity contribution in [2.75, 3.05) is 0 Å². The van der Waals surface area contributed by atoms with Gasteiger partial charge in [0.2, 0.25) is 0 Å². The predicted molar refractivity (Wildman–Crippen MR) is 79.3 cm³/mol. The van der Waals surface area contributed by atoms with Gasteiger partial charge in [-0.15, -0.1) is 11.8 Å². The van der Waals surface area contributed by atoms with Crippen LogP contribution in [0.1, 0.15) is 46.0 Å². The lowest BCUT2D eigenvalue weighted by Crippen LogP contribution is -2.36. The molecule has 1 aliphatic heterocycles. The van der Waals surface area contributed by atoms with Gasteiger partial charge in [-0.1, -0.05) is 38.5 Å². The molecule has 0 aliphatic carbocycles. The predicted octanol–water partition coefficient (Wildman–Crippen LogP) is 4.43. The molecule has 2 atom stereocenters. The number of carbonyl (C=O) groups excluding carboxylic acids is 1. The second-order valence-electron chi connectivity index (χ2n) is 5.12. The van der Waals surface area contributed by atoms with Gasteiger partial charge in [0, 0.05) is 4.90 Å². The van der Waals surface area contributed by atoms with Gasteiger partial charge >= 0.3 is 5.97 Å². The maximum Gasteiger partial charge on any atom is 0.307 e. The molecule has 19 heavy (non-hydrogen) atoms. The Morgan fingerprint density at radius 1 is 1.32 bits per heavy atom. The first-order valence-corrected chi connectivity index (χ1v) is 8.01. The summed E-state index contributed by atoms with van der Waals surface area (Å²) in [6.45, 7) is 4.31. The normalized spacial score (nSPS) is 26.4. The van der Waals surface area contributed by atoms with Gasteiger partial charge in [-0.2, -0.15) is 0 Å². The molecule has 2 nitrogen and oxygen atoms in total. The quantitative estimate of drug-likeness (QED) is 0.720. The Morgan fingerprint density at radius 2 is 2.05 bits per heavy atom. The fourth-order valence-corrected chi connectivity index (χ4v) is 4.06. The van der Waals surface area contributed by atoms with Crippen molar-refractivity contribution in [2.45, 2.75) is 61.7 Å². The maximum absolute atomic E-state index is 11.7. The SMILES string of the molecule is CCCCC1(CC)OC(=O)CC1Sc1ccccc1. The Labute approximate surface area is 119 Å². The molecule has 0 radical (unpaired) electrons. The Hall–Kier alpha value is -0.960. The van der Waals surface area contributed by atoms with Crippen LogP contribution in [0, 0.1) is 0 Å². The molecule has 1 saturated heterocycles. The summed E-state index contributed by atoms with van der Waals surface area (Å²) in [5.74, 6) is -0.0358. The summed E-state index contributed by atoms with van der Waals surface area (Å²) in [5.41, 5.74) is -0.256. The van der Waals surface area contributed by atoms with Crippen molar-refractivity contribution in [3.05, 3.63) is 30.3 Å². The lowest BCUT2D eigenvalue weighted by atomic mass is 9.90. The molecule has 1 aromatic carbocycles. The summed E-state index contributed by atoms with van der Waals surface area (Å²) in [6, 6.07) is 10.3. The number of rotatable bonds is 6. The van der Waals surface area contributed by atoms with E-state index in [4.69, 9.17) is 4.74 Å². The molecule has 0 saturated carbocycles. The first-order valence-electron chi connectivity index (χ1n) is 7.13. The van der Waals surface area contributed by atoms with Gasteiger partial charge in [-0.25, -0.2) is 0 Å². The first kappa shape index (κ1) is 14.4. The molecule has 0 aromatic heterocycles. The highest BCUT2D eigenvalue weighted by Gasteiger charge is 2.47. The van der Waals surface area contributed by atoms with Gasteiger partial charge in [-0.05, 0) is 31.4 Å². The highest BCUT2D eigenvalue weighted by Crippen LogP contribution is 2.44. The van der Waals surface area contributed by atoms with Crippen LogP contribution in [0.3, 0.4) is 0 Å². The van der Waals surface area contributed by atoms with E-state index < -0.39 is 0 Å². The molecule has 0 spiro atoms. The third-order valence-corrected chi connectivity index (χ3v) is 5.25. The van der Waals surface area contributed by atoms with Crippen LogP contribution >= 0.6 is 11.8 Å². The van der Waals surface area contributed by atoms with Gasteiger partial charge < -0.3 is 4.74 Å². The van der Waals surface area contributed by atoms with Gasteiger partial charge in [0.1, 0.15) is 5.60 Å². The molecule has 1 aliphatic rings. The molecule has 2 rings (SSSR count). The Balaban J connectivity index is 2.13. The van der Waals surface area contributed by atoms with E-state index in [1.807, 2.05) is 18.2 Å². The van der Waals surface area contributed by atoms with E-state index in [9.17, 15) is 4.79 Å². The maximum atomic E-state index is 11.7. The smallest absolute Gasteiger partial charge is 0.307 e. The minimum absolute atomic E-state index is 0.0358. The fourth-order valence-electron chi connectivity index (χ4n) is 2.65. The minimum Gasteiger partial charge on any atom is -0.458 e. The zero-order chi connectivity index (χ0) is 13.7. The van der Waals surface area contributed by atoms with Crippen LogP contribution in [0.5, 0.6) is 0 Å². The second-order valence-corrected chi connectivity index (χ2v) is 6.40.